The zero-order chi connectivity index (χ0) is 20.9. The number of sulfonamides is 1. The van der Waals surface area contributed by atoms with Crippen molar-refractivity contribution in [1.29, 1.82) is 0 Å². The van der Waals surface area contributed by atoms with Crippen LogP contribution in [0.5, 0.6) is 0 Å². The first kappa shape index (κ1) is 19.9. The van der Waals surface area contributed by atoms with Crippen LogP contribution in [0.3, 0.4) is 0 Å². The van der Waals surface area contributed by atoms with Gasteiger partial charge in [-0.05, 0) is 43.2 Å². The number of piperidine rings is 1. The van der Waals surface area contributed by atoms with Crippen LogP contribution in [0.4, 0.5) is 10.5 Å². The molecule has 0 bridgehead atoms. The maximum Gasteiger partial charge on any atom is 0.414 e. The molecule has 2 aliphatic heterocycles. The average Bonchev–Trinajstić information content (AvgIpc) is 3.23. The third-order valence-electron chi connectivity index (χ3n) is 5.50. The van der Waals surface area contributed by atoms with E-state index in [9.17, 15) is 13.2 Å². The number of benzene rings is 2. The molecule has 156 valence electrons. The van der Waals surface area contributed by atoms with E-state index >= 15 is 0 Å². The first-order valence-electron chi connectivity index (χ1n) is 9.41. The molecule has 0 aliphatic carbocycles. The lowest BCUT2D eigenvalue weighted by molar-refractivity contribution is 0.135. The highest BCUT2D eigenvalue weighted by atomic mass is 79.9. The summed E-state index contributed by atoms with van der Waals surface area (Å²) < 4.78 is 42.5. The molecule has 2 aromatic carbocycles. The normalized spacial score (nSPS) is 18.4. The highest BCUT2D eigenvalue weighted by Gasteiger charge is 2.37. The van der Waals surface area contributed by atoms with Crippen molar-refractivity contribution in [2.75, 3.05) is 18.0 Å². The Hall–Kier alpha value is -2.08. The molecule has 2 aliphatic rings. The van der Waals surface area contributed by atoms with Crippen molar-refractivity contribution in [3.8, 4) is 0 Å². The van der Waals surface area contributed by atoms with Crippen LogP contribution in [0, 0.1) is 0 Å². The molecule has 11 heteroatoms. The zero-order valence-electron chi connectivity index (χ0n) is 15.7. The van der Waals surface area contributed by atoms with Gasteiger partial charge in [0.25, 0.3) is 0 Å². The second-order valence-corrected chi connectivity index (χ2v) is 10.6. The number of hydrogen-bond acceptors (Lipinski definition) is 7. The van der Waals surface area contributed by atoms with E-state index in [1.807, 2.05) is 18.2 Å². The summed E-state index contributed by atoms with van der Waals surface area (Å²) in [5.74, 6) is 0. The first-order valence-corrected chi connectivity index (χ1v) is 12.4. The van der Waals surface area contributed by atoms with Crippen molar-refractivity contribution < 1.29 is 17.9 Å². The molecule has 0 spiro atoms. The molecule has 5 rings (SSSR count). The van der Waals surface area contributed by atoms with E-state index in [1.54, 1.807) is 23.1 Å². The Kier molecular flexibility index (Phi) is 5.00. The van der Waals surface area contributed by atoms with Gasteiger partial charge in [0.05, 0.1) is 17.4 Å². The summed E-state index contributed by atoms with van der Waals surface area (Å²) in [4.78, 5) is 14.4. The maximum atomic E-state index is 13.2. The van der Waals surface area contributed by atoms with Gasteiger partial charge in [-0.3, -0.25) is 4.90 Å². The van der Waals surface area contributed by atoms with Crippen molar-refractivity contribution in [2.45, 2.75) is 30.4 Å². The van der Waals surface area contributed by atoms with Crippen LogP contribution in [-0.4, -0.2) is 46.7 Å². The molecule has 3 heterocycles. The topological polar surface area (TPSA) is 92.7 Å². The van der Waals surface area contributed by atoms with Crippen LogP contribution in [0.1, 0.15) is 18.4 Å². The van der Waals surface area contributed by atoms with E-state index < -0.39 is 10.0 Å². The van der Waals surface area contributed by atoms with Crippen LogP contribution in [-0.2, 0) is 21.4 Å². The Labute approximate surface area is 185 Å². The van der Waals surface area contributed by atoms with Gasteiger partial charge in [-0.15, -0.1) is 0 Å². The molecule has 0 atom stereocenters. The molecule has 8 nitrogen and oxygen atoms in total. The van der Waals surface area contributed by atoms with E-state index in [2.05, 4.69) is 24.7 Å². The average molecular weight is 509 g/mol. The molecule has 1 saturated heterocycles. The van der Waals surface area contributed by atoms with Crippen molar-refractivity contribution in [3.63, 3.8) is 0 Å². The number of carbonyl (C=O) groups excluding carboxylic acids is 1. The van der Waals surface area contributed by atoms with Gasteiger partial charge in [-0.25, -0.2) is 13.2 Å². The van der Waals surface area contributed by atoms with E-state index in [1.165, 1.54) is 4.31 Å². The Bertz CT molecular complexity index is 1240. The number of halogens is 1. The van der Waals surface area contributed by atoms with Crippen molar-refractivity contribution in [1.82, 2.24) is 13.1 Å². The van der Waals surface area contributed by atoms with E-state index in [4.69, 9.17) is 4.74 Å². The number of carbonyl (C=O) groups is 1. The van der Waals surface area contributed by atoms with Gasteiger partial charge < -0.3 is 4.74 Å². The van der Waals surface area contributed by atoms with Crippen molar-refractivity contribution >= 4 is 60.5 Å². The summed E-state index contributed by atoms with van der Waals surface area (Å²) in [6.45, 7) is 0.871. The molecule has 0 radical (unpaired) electrons. The zero-order valence-corrected chi connectivity index (χ0v) is 18.9. The minimum absolute atomic E-state index is 0.124. The maximum absolute atomic E-state index is 13.2. The Balaban J connectivity index is 1.38. The minimum Gasteiger partial charge on any atom is -0.444 e. The molecule has 0 unspecified atom stereocenters. The molecule has 30 heavy (non-hydrogen) atoms. The number of amides is 1. The lowest BCUT2D eigenvalue weighted by Crippen LogP contribution is -2.50. The molecule has 1 aromatic heterocycles. The number of ether oxygens (including phenoxy) is 1. The molecule has 0 N–H and O–H groups in total. The number of anilines is 1. The number of fused-ring (bicyclic) bond motifs is 2. The van der Waals surface area contributed by atoms with Crippen LogP contribution in [0.2, 0.25) is 0 Å². The van der Waals surface area contributed by atoms with Gasteiger partial charge in [0.15, 0.2) is 0 Å². The fourth-order valence-corrected chi connectivity index (χ4v) is 6.66. The third-order valence-corrected chi connectivity index (χ3v) is 8.47. The minimum atomic E-state index is -3.70. The largest absolute Gasteiger partial charge is 0.444 e. The summed E-state index contributed by atoms with van der Waals surface area (Å²) in [5.41, 5.74) is 2.74. The quantitative estimate of drug-likeness (QED) is 0.534. The predicted molar refractivity (Wildman–Crippen MR) is 116 cm³/mol. The fraction of sp³-hybridized carbons (Fsp3) is 0.316. The second kappa shape index (κ2) is 7.56. The Morgan fingerprint density at radius 1 is 1.13 bits per heavy atom. The monoisotopic (exact) mass is 508 g/mol. The van der Waals surface area contributed by atoms with Gasteiger partial charge in [-0.2, -0.15) is 13.1 Å². The summed E-state index contributed by atoms with van der Waals surface area (Å²) in [5, 5.41) is 0. The number of nitrogens with zero attached hydrogens (tertiary/aromatic N) is 4. The summed E-state index contributed by atoms with van der Waals surface area (Å²) in [6.07, 6.45) is 0.661. The molecule has 0 saturated carbocycles. The van der Waals surface area contributed by atoms with Gasteiger partial charge in [0, 0.05) is 29.2 Å². The number of hydrogen-bond donors (Lipinski definition) is 0. The van der Waals surface area contributed by atoms with Crippen molar-refractivity contribution in [3.05, 3.63) is 46.4 Å². The van der Waals surface area contributed by atoms with Gasteiger partial charge >= 0.3 is 6.09 Å². The molecule has 1 amide bonds. The van der Waals surface area contributed by atoms with Gasteiger partial charge in [-0.1, -0.05) is 22.0 Å². The second-order valence-electron chi connectivity index (χ2n) is 7.22. The number of rotatable bonds is 3. The van der Waals surface area contributed by atoms with E-state index in [0.29, 0.717) is 37.0 Å². The van der Waals surface area contributed by atoms with Crippen LogP contribution >= 0.6 is 27.7 Å². The predicted octanol–water partition coefficient (Wildman–Crippen LogP) is 3.76. The van der Waals surface area contributed by atoms with E-state index in [0.717, 1.165) is 27.5 Å². The van der Waals surface area contributed by atoms with Gasteiger partial charge in [0.1, 0.15) is 22.5 Å². The Morgan fingerprint density at radius 2 is 1.93 bits per heavy atom. The SMILES string of the molecule is O=C1OCc2cc(Br)ccc2N1C1CCN(S(=O)(=O)c2cccc3nsnc23)CC1. The molecular formula is C19H17BrN4O4S2. The highest BCUT2D eigenvalue weighted by Crippen LogP contribution is 2.35. The molecule has 1 fully saturated rings. The lowest BCUT2D eigenvalue weighted by atomic mass is 10.0. The van der Waals surface area contributed by atoms with E-state index in [-0.39, 0.29) is 23.6 Å². The molecule has 3 aromatic rings. The Morgan fingerprint density at radius 3 is 2.73 bits per heavy atom. The first-order chi connectivity index (χ1) is 14.4. The smallest absolute Gasteiger partial charge is 0.414 e. The summed E-state index contributed by atoms with van der Waals surface area (Å²) in [6, 6.07) is 10.6. The fourth-order valence-electron chi connectivity index (χ4n) is 4.03. The number of aromatic nitrogens is 2. The van der Waals surface area contributed by atoms with Crippen LogP contribution in [0.25, 0.3) is 11.0 Å². The van der Waals surface area contributed by atoms with Gasteiger partial charge in [0.2, 0.25) is 10.0 Å². The van der Waals surface area contributed by atoms with Crippen molar-refractivity contribution in [2.24, 2.45) is 0 Å². The third kappa shape index (κ3) is 3.29. The highest BCUT2D eigenvalue weighted by molar-refractivity contribution is 9.10. The summed E-state index contributed by atoms with van der Waals surface area (Å²) in [7, 11) is -3.70. The van der Waals surface area contributed by atoms with Crippen LogP contribution < -0.4 is 4.90 Å². The standard InChI is InChI=1S/C19H17BrN4O4S2/c20-13-4-5-16-12(10-13)11-28-19(25)24(16)14-6-8-23(9-7-14)30(26,27)17-3-1-2-15-18(17)22-29-21-15/h1-5,10,14H,6-9,11H2. The number of cyclic esters (lactones) is 1. The lowest BCUT2D eigenvalue weighted by Gasteiger charge is -2.39. The molecular weight excluding hydrogens is 492 g/mol. The van der Waals surface area contributed by atoms with Crippen LogP contribution in [0.15, 0.2) is 45.8 Å². The summed E-state index contributed by atoms with van der Waals surface area (Å²) >= 11 is 4.45.